The molecule has 7 heteroatoms. The summed E-state index contributed by atoms with van der Waals surface area (Å²) in [5.74, 6) is 0.408. The molecule has 29 heavy (non-hydrogen) atoms. The Bertz CT molecular complexity index is 1030. The summed E-state index contributed by atoms with van der Waals surface area (Å²) >= 11 is 0. The van der Waals surface area contributed by atoms with Gasteiger partial charge < -0.3 is 4.74 Å². The molecule has 1 N–H and O–H groups in total. The maximum absolute atomic E-state index is 12.3. The van der Waals surface area contributed by atoms with Crippen molar-refractivity contribution in [2.24, 2.45) is 5.10 Å². The van der Waals surface area contributed by atoms with Gasteiger partial charge in [-0.3, -0.25) is 14.9 Å². The zero-order valence-electron chi connectivity index (χ0n) is 15.7. The Kier molecular flexibility index (Phi) is 6.32. The van der Waals surface area contributed by atoms with E-state index in [0.717, 1.165) is 11.3 Å². The number of nitrogens with one attached hydrogen (secondary N) is 1. The van der Waals surface area contributed by atoms with Crippen LogP contribution in [0.2, 0.25) is 0 Å². The van der Waals surface area contributed by atoms with Crippen molar-refractivity contribution in [3.8, 4) is 5.75 Å². The van der Waals surface area contributed by atoms with Gasteiger partial charge in [-0.05, 0) is 36.8 Å². The molecule has 0 spiro atoms. The van der Waals surface area contributed by atoms with Gasteiger partial charge in [0, 0.05) is 23.3 Å². The number of benzene rings is 3. The second-order valence-electron chi connectivity index (χ2n) is 6.24. The van der Waals surface area contributed by atoms with Crippen LogP contribution in [0.5, 0.6) is 5.75 Å². The van der Waals surface area contributed by atoms with Gasteiger partial charge in [0.15, 0.2) is 0 Å². The van der Waals surface area contributed by atoms with Crippen molar-refractivity contribution in [1.29, 1.82) is 0 Å². The van der Waals surface area contributed by atoms with Crippen molar-refractivity contribution in [1.82, 2.24) is 5.43 Å². The summed E-state index contributed by atoms with van der Waals surface area (Å²) in [6.45, 7) is 2.07. The molecule has 0 saturated carbocycles. The summed E-state index contributed by atoms with van der Waals surface area (Å²) in [5.41, 5.74) is 4.85. The number of para-hydroxylation sites is 1. The van der Waals surface area contributed by atoms with Gasteiger partial charge in [-0.25, -0.2) is 5.43 Å². The Balaban J connectivity index is 1.59. The monoisotopic (exact) mass is 389 g/mol. The minimum Gasteiger partial charge on any atom is -0.489 e. The smallest absolute Gasteiger partial charge is 0.271 e. The first-order valence-corrected chi connectivity index (χ1v) is 8.89. The van der Waals surface area contributed by atoms with Crippen LogP contribution >= 0.6 is 0 Å². The molecular weight excluding hydrogens is 370 g/mol. The van der Waals surface area contributed by atoms with Crippen LogP contribution in [0, 0.1) is 10.1 Å². The maximum atomic E-state index is 12.3. The molecule has 0 saturated heterocycles. The largest absolute Gasteiger partial charge is 0.489 e. The van der Waals surface area contributed by atoms with Crippen LogP contribution in [0.4, 0.5) is 5.69 Å². The Labute approximate surface area is 167 Å². The first-order chi connectivity index (χ1) is 14.0. The van der Waals surface area contributed by atoms with Crippen LogP contribution in [0.1, 0.15) is 28.4 Å². The number of amides is 1. The zero-order valence-corrected chi connectivity index (χ0v) is 15.7. The summed E-state index contributed by atoms with van der Waals surface area (Å²) in [6, 6.07) is 22.6. The lowest BCUT2D eigenvalue weighted by Gasteiger charge is -2.07. The van der Waals surface area contributed by atoms with Crippen LogP contribution < -0.4 is 10.2 Å². The van der Waals surface area contributed by atoms with Gasteiger partial charge in [0.25, 0.3) is 11.6 Å². The van der Waals surface area contributed by atoms with E-state index in [4.69, 9.17) is 4.74 Å². The van der Waals surface area contributed by atoms with E-state index in [1.54, 1.807) is 31.2 Å². The predicted molar refractivity (Wildman–Crippen MR) is 110 cm³/mol. The second kappa shape index (κ2) is 9.27. The number of nitrogens with zero attached hydrogens (tertiary/aromatic N) is 2. The molecule has 0 aliphatic rings. The first-order valence-electron chi connectivity index (χ1n) is 8.89. The van der Waals surface area contributed by atoms with Gasteiger partial charge in [-0.15, -0.1) is 0 Å². The van der Waals surface area contributed by atoms with Crippen LogP contribution in [0.15, 0.2) is 84.0 Å². The van der Waals surface area contributed by atoms with E-state index < -0.39 is 4.92 Å². The normalized spacial score (nSPS) is 11.0. The third-order valence-corrected chi connectivity index (χ3v) is 4.16. The Morgan fingerprint density at radius 2 is 1.72 bits per heavy atom. The number of nitro groups is 1. The SMILES string of the molecule is C/C(=N/NC(=O)c1ccc(COc2ccccc2)cc1)c1cccc([N+](=O)[O-])c1. The molecule has 146 valence electrons. The highest BCUT2D eigenvalue weighted by atomic mass is 16.6. The number of hydrazone groups is 1. The molecule has 0 aliphatic carbocycles. The summed E-state index contributed by atoms with van der Waals surface area (Å²) in [5, 5.41) is 14.9. The Morgan fingerprint density at radius 1 is 1.00 bits per heavy atom. The second-order valence-corrected chi connectivity index (χ2v) is 6.24. The van der Waals surface area contributed by atoms with Gasteiger partial charge in [0.05, 0.1) is 10.6 Å². The molecular formula is C22H19N3O4. The molecule has 0 atom stereocenters. The number of nitro benzene ring substituents is 1. The molecule has 0 heterocycles. The molecule has 3 aromatic carbocycles. The van der Waals surface area contributed by atoms with Crippen molar-refractivity contribution >= 4 is 17.3 Å². The van der Waals surface area contributed by atoms with Crippen molar-refractivity contribution in [2.75, 3.05) is 0 Å². The van der Waals surface area contributed by atoms with E-state index in [9.17, 15) is 14.9 Å². The molecule has 0 fully saturated rings. The summed E-state index contributed by atoms with van der Waals surface area (Å²) in [4.78, 5) is 22.7. The maximum Gasteiger partial charge on any atom is 0.271 e. The van der Waals surface area contributed by atoms with Crippen LogP contribution in [-0.2, 0) is 6.61 Å². The van der Waals surface area contributed by atoms with Gasteiger partial charge in [-0.1, -0.05) is 42.5 Å². The Hall–Kier alpha value is -4.00. The van der Waals surface area contributed by atoms with Crippen LogP contribution in [0.25, 0.3) is 0 Å². The number of rotatable bonds is 7. The highest BCUT2D eigenvalue weighted by molar-refractivity contribution is 6.01. The van der Waals surface area contributed by atoms with Crippen molar-refractivity contribution < 1.29 is 14.5 Å². The third kappa shape index (κ3) is 5.49. The minimum absolute atomic E-state index is 0.0308. The van der Waals surface area contributed by atoms with E-state index in [-0.39, 0.29) is 11.6 Å². The number of carbonyl (C=O) groups excluding carboxylic acids is 1. The Morgan fingerprint density at radius 3 is 2.41 bits per heavy atom. The summed E-state index contributed by atoms with van der Waals surface area (Å²) < 4.78 is 5.68. The number of non-ortho nitro benzene ring substituents is 1. The molecule has 0 aliphatic heterocycles. The highest BCUT2D eigenvalue weighted by Crippen LogP contribution is 2.14. The molecule has 0 radical (unpaired) electrons. The van der Waals surface area contributed by atoms with Crippen molar-refractivity contribution in [3.05, 3.63) is 106 Å². The van der Waals surface area contributed by atoms with Gasteiger partial charge in [0.1, 0.15) is 12.4 Å². The van der Waals surface area contributed by atoms with Crippen molar-refractivity contribution in [2.45, 2.75) is 13.5 Å². The van der Waals surface area contributed by atoms with Crippen LogP contribution in [0.3, 0.4) is 0 Å². The topological polar surface area (TPSA) is 93.8 Å². The van der Waals surface area contributed by atoms with E-state index >= 15 is 0 Å². The van der Waals surface area contributed by atoms with E-state index in [1.165, 1.54) is 12.1 Å². The average Bonchev–Trinajstić information content (AvgIpc) is 2.77. The molecule has 1 amide bonds. The predicted octanol–water partition coefficient (Wildman–Crippen LogP) is 4.33. The summed E-state index contributed by atoms with van der Waals surface area (Å²) in [6.07, 6.45) is 0. The fourth-order valence-electron chi connectivity index (χ4n) is 2.54. The number of hydrogen-bond acceptors (Lipinski definition) is 5. The zero-order chi connectivity index (χ0) is 20.6. The van der Waals surface area contributed by atoms with Gasteiger partial charge in [0.2, 0.25) is 0 Å². The lowest BCUT2D eigenvalue weighted by molar-refractivity contribution is -0.384. The van der Waals surface area contributed by atoms with Crippen LogP contribution in [-0.4, -0.2) is 16.5 Å². The first kappa shape index (κ1) is 19.8. The molecule has 3 rings (SSSR count). The lowest BCUT2D eigenvalue weighted by atomic mass is 10.1. The number of hydrogen-bond donors (Lipinski definition) is 1. The fourth-order valence-corrected chi connectivity index (χ4v) is 2.54. The standard InChI is InChI=1S/C22H19N3O4/c1-16(19-6-5-7-20(14-19)25(27)28)23-24-22(26)18-12-10-17(11-13-18)15-29-21-8-3-2-4-9-21/h2-14H,15H2,1H3,(H,24,26)/b23-16-. The van der Waals surface area contributed by atoms with E-state index in [2.05, 4.69) is 10.5 Å². The lowest BCUT2D eigenvalue weighted by Crippen LogP contribution is -2.19. The number of carbonyl (C=O) groups is 1. The molecule has 0 aromatic heterocycles. The van der Waals surface area contributed by atoms with Gasteiger partial charge >= 0.3 is 0 Å². The molecule has 3 aromatic rings. The molecule has 0 bridgehead atoms. The number of ether oxygens (including phenoxy) is 1. The average molecular weight is 389 g/mol. The highest BCUT2D eigenvalue weighted by Gasteiger charge is 2.09. The minimum atomic E-state index is -0.474. The molecule has 7 nitrogen and oxygen atoms in total. The third-order valence-electron chi connectivity index (χ3n) is 4.16. The van der Waals surface area contributed by atoms with E-state index in [0.29, 0.717) is 23.4 Å². The van der Waals surface area contributed by atoms with E-state index in [1.807, 2.05) is 42.5 Å². The quantitative estimate of drug-likeness (QED) is 0.370. The molecule has 0 unspecified atom stereocenters. The van der Waals surface area contributed by atoms with Gasteiger partial charge in [-0.2, -0.15) is 5.10 Å². The summed E-state index contributed by atoms with van der Waals surface area (Å²) in [7, 11) is 0. The van der Waals surface area contributed by atoms with Crippen molar-refractivity contribution in [3.63, 3.8) is 0 Å². The fraction of sp³-hybridized carbons (Fsp3) is 0.0909.